The maximum Gasteiger partial charge on any atom is 0.300 e. The number of carbonyl (C=O) groups excluding carboxylic acids is 1. The molecule has 0 unspecified atom stereocenters. The summed E-state index contributed by atoms with van der Waals surface area (Å²) >= 11 is 0. The smallest absolute Gasteiger partial charge is 0.274 e. The van der Waals surface area contributed by atoms with Crippen LogP contribution < -0.4 is 4.90 Å². The summed E-state index contributed by atoms with van der Waals surface area (Å²) in [6.45, 7) is 0. The van der Waals surface area contributed by atoms with Gasteiger partial charge in [0.15, 0.2) is 5.52 Å². The SMILES string of the molecule is O=C(c1c(F)cccc1F)N(c1ccc(F)cc1C1CC1)c1ccc([N+](=O)[O-])c2nonc12. The van der Waals surface area contributed by atoms with Crippen LogP contribution in [0.25, 0.3) is 11.0 Å². The minimum atomic E-state index is -1.10. The number of halogens is 3. The van der Waals surface area contributed by atoms with Gasteiger partial charge >= 0.3 is 5.69 Å². The number of amides is 1. The summed E-state index contributed by atoms with van der Waals surface area (Å²) in [6.07, 6.45) is 1.49. The van der Waals surface area contributed by atoms with Crippen molar-refractivity contribution in [1.29, 1.82) is 0 Å². The fourth-order valence-corrected chi connectivity index (χ4v) is 3.78. The average molecular weight is 454 g/mol. The zero-order valence-corrected chi connectivity index (χ0v) is 16.7. The van der Waals surface area contributed by atoms with Gasteiger partial charge in [-0.1, -0.05) is 6.07 Å². The monoisotopic (exact) mass is 454 g/mol. The molecule has 1 aliphatic carbocycles. The summed E-state index contributed by atoms with van der Waals surface area (Å²) in [5, 5.41) is 18.6. The molecule has 0 radical (unpaired) electrons. The average Bonchev–Trinajstić information content (AvgIpc) is 3.50. The lowest BCUT2D eigenvalue weighted by molar-refractivity contribution is -0.383. The molecule has 1 amide bonds. The number of non-ortho nitro benzene ring substituents is 1. The first kappa shape index (κ1) is 20.6. The highest BCUT2D eigenvalue weighted by Crippen LogP contribution is 2.47. The molecule has 0 bridgehead atoms. The van der Waals surface area contributed by atoms with Crippen LogP contribution in [0.1, 0.15) is 34.7 Å². The largest absolute Gasteiger partial charge is 0.300 e. The zero-order chi connectivity index (χ0) is 23.3. The predicted molar refractivity (Wildman–Crippen MR) is 110 cm³/mol. The minimum absolute atomic E-state index is 0.0551. The molecule has 33 heavy (non-hydrogen) atoms. The van der Waals surface area contributed by atoms with Crippen LogP contribution in [0.3, 0.4) is 0 Å². The number of nitro groups is 1. The highest BCUT2D eigenvalue weighted by Gasteiger charge is 2.35. The second-order valence-corrected chi connectivity index (χ2v) is 7.54. The molecule has 1 fully saturated rings. The summed E-state index contributed by atoms with van der Waals surface area (Å²) in [5.41, 5.74) is -1.11. The van der Waals surface area contributed by atoms with Crippen LogP contribution in [0.2, 0.25) is 0 Å². The van der Waals surface area contributed by atoms with Crippen molar-refractivity contribution < 1.29 is 27.5 Å². The summed E-state index contributed by atoms with van der Waals surface area (Å²) in [5.74, 6) is -3.90. The Kier molecular flexibility index (Phi) is 4.81. The van der Waals surface area contributed by atoms with E-state index >= 15 is 0 Å². The van der Waals surface area contributed by atoms with Crippen LogP contribution in [0.15, 0.2) is 53.2 Å². The van der Waals surface area contributed by atoms with E-state index in [2.05, 4.69) is 14.9 Å². The number of hydrogen-bond donors (Lipinski definition) is 0. The number of rotatable bonds is 5. The molecular formula is C22H13F3N4O4. The Labute approximate surface area is 183 Å². The van der Waals surface area contributed by atoms with Gasteiger partial charge in [0, 0.05) is 6.07 Å². The van der Waals surface area contributed by atoms with Crippen molar-refractivity contribution in [3.05, 3.63) is 87.2 Å². The molecule has 11 heteroatoms. The lowest BCUT2D eigenvalue weighted by Crippen LogP contribution is -2.29. The number of hydrogen-bond acceptors (Lipinski definition) is 6. The first-order valence-electron chi connectivity index (χ1n) is 9.84. The molecule has 5 rings (SSSR count). The highest BCUT2D eigenvalue weighted by atomic mass is 19.1. The Bertz CT molecular complexity index is 1410. The maximum absolute atomic E-state index is 14.6. The van der Waals surface area contributed by atoms with Crippen LogP contribution in [-0.2, 0) is 0 Å². The molecule has 166 valence electrons. The Morgan fingerprint density at radius 3 is 2.33 bits per heavy atom. The quantitative estimate of drug-likeness (QED) is 0.295. The molecule has 8 nitrogen and oxygen atoms in total. The Balaban J connectivity index is 1.79. The van der Waals surface area contributed by atoms with Gasteiger partial charge in [-0.25, -0.2) is 17.8 Å². The van der Waals surface area contributed by atoms with Crippen molar-refractivity contribution >= 4 is 34.0 Å². The molecule has 0 atom stereocenters. The molecule has 0 aliphatic heterocycles. The summed E-state index contributed by atoms with van der Waals surface area (Å²) < 4.78 is 47.9. The van der Waals surface area contributed by atoms with Gasteiger partial charge in [0.1, 0.15) is 23.0 Å². The third-order valence-electron chi connectivity index (χ3n) is 5.44. The maximum atomic E-state index is 14.6. The second kappa shape index (κ2) is 7.69. The fourth-order valence-electron chi connectivity index (χ4n) is 3.78. The van der Waals surface area contributed by atoms with Gasteiger partial charge in [0.25, 0.3) is 5.91 Å². The number of anilines is 2. The van der Waals surface area contributed by atoms with Gasteiger partial charge in [-0.15, -0.1) is 0 Å². The lowest BCUT2D eigenvalue weighted by Gasteiger charge is -2.26. The zero-order valence-electron chi connectivity index (χ0n) is 16.7. The van der Waals surface area contributed by atoms with Gasteiger partial charge in [0.05, 0.1) is 16.3 Å². The van der Waals surface area contributed by atoms with Crippen LogP contribution in [-0.4, -0.2) is 21.1 Å². The Hall–Kier alpha value is -4.28. The van der Waals surface area contributed by atoms with E-state index in [0.717, 1.165) is 48.1 Å². The van der Waals surface area contributed by atoms with Crippen LogP contribution >= 0.6 is 0 Å². The Morgan fingerprint density at radius 1 is 1.00 bits per heavy atom. The molecular weight excluding hydrogens is 441 g/mol. The molecule has 0 saturated heterocycles. The van der Waals surface area contributed by atoms with E-state index in [0.29, 0.717) is 5.56 Å². The number of carbonyl (C=O) groups is 1. The van der Waals surface area contributed by atoms with Crippen LogP contribution in [0, 0.1) is 27.6 Å². The first-order chi connectivity index (χ1) is 15.9. The number of aromatic nitrogens is 2. The predicted octanol–water partition coefficient (Wildman–Crippen LogP) is 5.40. The summed E-state index contributed by atoms with van der Waals surface area (Å²) in [7, 11) is 0. The first-order valence-corrected chi connectivity index (χ1v) is 9.84. The second-order valence-electron chi connectivity index (χ2n) is 7.54. The van der Waals surface area contributed by atoms with Gasteiger partial charge in [0.2, 0.25) is 5.52 Å². The fraction of sp³-hybridized carbons (Fsp3) is 0.136. The Morgan fingerprint density at radius 2 is 1.67 bits per heavy atom. The van der Waals surface area contributed by atoms with Crippen molar-refractivity contribution in [2.45, 2.75) is 18.8 Å². The van der Waals surface area contributed by atoms with Crippen molar-refractivity contribution in [3.8, 4) is 0 Å². The molecule has 1 aliphatic rings. The molecule has 0 N–H and O–H groups in total. The summed E-state index contributed by atoms with van der Waals surface area (Å²) in [4.78, 5) is 25.2. The van der Waals surface area contributed by atoms with Crippen molar-refractivity contribution in [2.24, 2.45) is 0 Å². The van der Waals surface area contributed by atoms with Crippen molar-refractivity contribution in [3.63, 3.8) is 0 Å². The standard InChI is InChI=1S/C22H13F3N4O4/c23-12-6-7-16(13(10-12)11-4-5-11)28(22(30)19-14(24)2-1-3-15(19)25)17-8-9-18(29(31)32)21-20(17)26-33-27-21/h1-3,6-11H,4-5H2. The van der Waals surface area contributed by atoms with Gasteiger partial charge in [-0.05, 0) is 71.0 Å². The lowest BCUT2D eigenvalue weighted by atomic mass is 10.0. The summed E-state index contributed by atoms with van der Waals surface area (Å²) in [6, 6.07) is 8.97. The molecule has 0 spiro atoms. The van der Waals surface area contributed by atoms with Crippen LogP contribution in [0.5, 0.6) is 0 Å². The van der Waals surface area contributed by atoms with Gasteiger partial charge in [-0.3, -0.25) is 19.8 Å². The number of benzene rings is 3. The van der Waals surface area contributed by atoms with Crippen molar-refractivity contribution in [2.75, 3.05) is 4.90 Å². The highest BCUT2D eigenvalue weighted by molar-refractivity contribution is 6.15. The van der Waals surface area contributed by atoms with Crippen LogP contribution in [0.4, 0.5) is 30.2 Å². The van der Waals surface area contributed by atoms with E-state index in [1.54, 1.807) is 0 Å². The third kappa shape index (κ3) is 3.47. The number of fused-ring (bicyclic) bond motifs is 1. The van der Waals surface area contributed by atoms with Gasteiger partial charge < -0.3 is 0 Å². The van der Waals surface area contributed by atoms with Gasteiger partial charge in [-0.2, -0.15) is 0 Å². The minimum Gasteiger partial charge on any atom is -0.274 e. The van der Waals surface area contributed by atoms with E-state index in [9.17, 15) is 28.1 Å². The number of nitrogens with zero attached hydrogens (tertiary/aromatic N) is 4. The number of nitro benzene ring substituents is 1. The van der Waals surface area contributed by atoms with Crippen molar-refractivity contribution in [1.82, 2.24) is 10.3 Å². The van der Waals surface area contributed by atoms with E-state index < -0.39 is 39.5 Å². The van der Waals surface area contributed by atoms with E-state index in [4.69, 9.17) is 0 Å². The molecule has 1 aromatic heterocycles. The third-order valence-corrected chi connectivity index (χ3v) is 5.44. The van der Waals surface area contributed by atoms with E-state index in [-0.39, 0.29) is 28.3 Å². The normalized spacial score (nSPS) is 13.3. The van der Waals surface area contributed by atoms with E-state index in [1.807, 2.05) is 0 Å². The molecule has 4 aromatic rings. The van der Waals surface area contributed by atoms with E-state index in [1.165, 1.54) is 18.2 Å². The molecule has 3 aromatic carbocycles. The topological polar surface area (TPSA) is 102 Å². The molecule has 1 heterocycles. The molecule has 1 saturated carbocycles.